The summed E-state index contributed by atoms with van der Waals surface area (Å²) in [6, 6.07) is 8.87. The van der Waals surface area contributed by atoms with Crippen LogP contribution >= 0.6 is 0 Å². The minimum Gasteiger partial charge on any atom is -0.322 e. The van der Waals surface area contributed by atoms with Crippen molar-refractivity contribution in [2.24, 2.45) is 0 Å². The Balaban J connectivity index is 1.90. The van der Waals surface area contributed by atoms with Crippen LogP contribution in [0.1, 0.15) is 29.8 Å². The molecule has 0 unspecified atom stereocenters. The van der Waals surface area contributed by atoms with Crippen LogP contribution in [0.5, 0.6) is 0 Å². The highest BCUT2D eigenvalue weighted by atomic mass is 16.2. The lowest BCUT2D eigenvalue weighted by Crippen LogP contribution is -2.33. The highest BCUT2D eigenvalue weighted by molar-refractivity contribution is 6.09. The number of nitrogens with zero attached hydrogens (tertiary/aromatic N) is 2. The van der Waals surface area contributed by atoms with Crippen molar-refractivity contribution in [2.45, 2.75) is 19.3 Å². The molecule has 0 radical (unpaired) electrons. The number of hydrogen-bond acceptors (Lipinski definition) is 3. The monoisotopic (exact) mass is 295 g/mol. The van der Waals surface area contributed by atoms with Gasteiger partial charge in [-0.15, -0.1) is 0 Å². The average molecular weight is 295 g/mol. The van der Waals surface area contributed by atoms with Crippen molar-refractivity contribution in [2.75, 3.05) is 17.3 Å². The van der Waals surface area contributed by atoms with Crippen LogP contribution in [0, 0.1) is 0 Å². The minimum atomic E-state index is -0.530. The molecule has 0 aliphatic carbocycles. The maximum Gasteiger partial charge on any atom is 0.255 e. The van der Waals surface area contributed by atoms with Gasteiger partial charge in [0.05, 0.1) is 5.41 Å². The Kier molecular flexibility index (Phi) is 3.20. The minimum absolute atomic E-state index is 0.0557. The smallest absolute Gasteiger partial charge is 0.255 e. The normalized spacial score (nSPS) is 15.6. The molecule has 0 spiro atoms. The van der Waals surface area contributed by atoms with Gasteiger partial charge >= 0.3 is 0 Å². The molecule has 0 saturated heterocycles. The third-order valence-corrected chi connectivity index (χ3v) is 4.07. The first-order valence-electron chi connectivity index (χ1n) is 7.05. The van der Waals surface area contributed by atoms with Gasteiger partial charge in [0.1, 0.15) is 0 Å². The molecule has 1 N–H and O–H groups in total. The molecule has 2 amide bonds. The van der Waals surface area contributed by atoms with Crippen molar-refractivity contribution in [3.8, 4) is 0 Å². The molecule has 22 heavy (non-hydrogen) atoms. The van der Waals surface area contributed by atoms with E-state index in [1.807, 2.05) is 32.0 Å². The molecular formula is C17H17N3O2. The highest BCUT2D eigenvalue weighted by Gasteiger charge is 2.42. The number of anilines is 2. The van der Waals surface area contributed by atoms with Crippen molar-refractivity contribution in [1.82, 2.24) is 4.98 Å². The maximum atomic E-state index is 12.3. The van der Waals surface area contributed by atoms with Crippen LogP contribution in [-0.4, -0.2) is 23.8 Å². The molecule has 5 heteroatoms. The molecule has 5 nitrogen and oxygen atoms in total. The van der Waals surface area contributed by atoms with Gasteiger partial charge in [-0.1, -0.05) is 6.07 Å². The zero-order valence-corrected chi connectivity index (χ0v) is 12.8. The first-order chi connectivity index (χ1) is 10.4. The molecule has 2 heterocycles. The standard InChI is InChI=1S/C17H17N3O2/c1-17(2)13-5-4-12(10-14(13)20(3)16(17)22)19-15(21)11-6-8-18-9-7-11/h4-10H,1-3H3,(H,19,21). The quantitative estimate of drug-likeness (QED) is 0.926. The van der Waals surface area contributed by atoms with Gasteiger partial charge in [0, 0.05) is 36.4 Å². The van der Waals surface area contributed by atoms with E-state index in [2.05, 4.69) is 10.3 Å². The number of carbonyl (C=O) groups is 2. The van der Waals surface area contributed by atoms with Gasteiger partial charge in [0.25, 0.3) is 5.91 Å². The Morgan fingerprint density at radius 1 is 1.18 bits per heavy atom. The van der Waals surface area contributed by atoms with Crippen LogP contribution in [0.25, 0.3) is 0 Å². The van der Waals surface area contributed by atoms with Gasteiger partial charge in [0.2, 0.25) is 5.91 Å². The topological polar surface area (TPSA) is 62.3 Å². The van der Waals surface area contributed by atoms with Crippen LogP contribution < -0.4 is 10.2 Å². The Labute approximate surface area is 129 Å². The zero-order chi connectivity index (χ0) is 15.9. The number of nitrogens with one attached hydrogen (secondary N) is 1. The van der Waals surface area contributed by atoms with Gasteiger partial charge in [-0.25, -0.2) is 0 Å². The van der Waals surface area contributed by atoms with E-state index in [1.54, 1.807) is 36.5 Å². The SMILES string of the molecule is CN1C(=O)C(C)(C)c2ccc(NC(=O)c3ccncc3)cc21. The fourth-order valence-electron chi connectivity index (χ4n) is 2.77. The number of rotatable bonds is 2. The fraction of sp³-hybridized carbons (Fsp3) is 0.235. The molecule has 0 saturated carbocycles. The van der Waals surface area contributed by atoms with Gasteiger partial charge in [0.15, 0.2) is 0 Å². The molecule has 1 aliphatic heterocycles. The summed E-state index contributed by atoms with van der Waals surface area (Å²) >= 11 is 0. The lowest BCUT2D eigenvalue weighted by molar-refractivity contribution is -0.121. The fourth-order valence-corrected chi connectivity index (χ4v) is 2.77. The van der Waals surface area contributed by atoms with Crippen molar-refractivity contribution in [3.63, 3.8) is 0 Å². The molecular weight excluding hydrogens is 278 g/mol. The van der Waals surface area contributed by atoms with Gasteiger partial charge < -0.3 is 10.2 Å². The van der Waals surface area contributed by atoms with Crippen LogP contribution in [0.4, 0.5) is 11.4 Å². The van der Waals surface area contributed by atoms with Crippen molar-refractivity contribution in [3.05, 3.63) is 53.9 Å². The van der Waals surface area contributed by atoms with E-state index in [4.69, 9.17) is 0 Å². The summed E-state index contributed by atoms with van der Waals surface area (Å²) in [5.74, 6) is -0.145. The molecule has 0 fully saturated rings. The third kappa shape index (κ3) is 2.15. The largest absolute Gasteiger partial charge is 0.322 e. The third-order valence-electron chi connectivity index (χ3n) is 4.07. The van der Waals surface area contributed by atoms with Gasteiger partial charge in [-0.3, -0.25) is 14.6 Å². The predicted octanol–water partition coefficient (Wildman–Crippen LogP) is 2.59. The number of pyridine rings is 1. The van der Waals surface area contributed by atoms with E-state index in [0.717, 1.165) is 11.3 Å². The van der Waals surface area contributed by atoms with E-state index in [1.165, 1.54) is 0 Å². The number of aromatic nitrogens is 1. The van der Waals surface area contributed by atoms with E-state index in [0.29, 0.717) is 11.3 Å². The molecule has 112 valence electrons. The second-order valence-electron chi connectivity index (χ2n) is 5.91. The van der Waals surface area contributed by atoms with Crippen LogP contribution in [0.15, 0.2) is 42.7 Å². The maximum absolute atomic E-state index is 12.3. The number of hydrogen-bond donors (Lipinski definition) is 1. The number of likely N-dealkylation sites (N-methyl/N-ethyl adjacent to an activating group) is 1. The van der Waals surface area contributed by atoms with Crippen LogP contribution in [0.3, 0.4) is 0 Å². The second-order valence-corrected chi connectivity index (χ2v) is 5.91. The van der Waals surface area contributed by atoms with E-state index in [9.17, 15) is 9.59 Å². The Bertz CT molecular complexity index is 754. The summed E-state index contributed by atoms with van der Waals surface area (Å²) in [6.07, 6.45) is 3.15. The number of amides is 2. The zero-order valence-electron chi connectivity index (χ0n) is 12.8. The summed E-state index contributed by atoms with van der Waals surface area (Å²) in [5.41, 5.74) is 2.49. The summed E-state index contributed by atoms with van der Waals surface area (Å²) < 4.78 is 0. The summed E-state index contributed by atoms with van der Waals surface area (Å²) in [5, 5.41) is 2.85. The Morgan fingerprint density at radius 2 is 1.86 bits per heavy atom. The van der Waals surface area contributed by atoms with Gasteiger partial charge in [-0.2, -0.15) is 0 Å². The van der Waals surface area contributed by atoms with Crippen LogP contribution in [0.2, 0.25) is 0 Å². The molecule has 1 aromatic heterocycles. The molecule has 1 aliphatic rings. The molecule has 3 rings (SSSR count). The van der Waals surface area contributed by atoms with E-state index < -0.39 is 5.41 Å². The predicted molar refractivity (Wildman–Crippen MR) is 85.1 cm³/mol. The summed E-state index contributed by atoms with van der Waals surface area (Å²) in [7, 11) is 1.75. The van der Waals surface area contributed by atoms with E-state index >= 15 is 0 Å². The molecule has 0 atom stereocenters. The first kappa shape index (κ1) is 14.3. The summed E-state index contributed by atoms with van der Waals surface area (Å²) in [6.45, 7) is 3.82. The van der Waals surface area contributed by atoms with Crippen molar-refractivity contribution < 1.29 is 9.59 Å². The number of fused-ring (bicyclic) bond motifs is 1. The molecule has 0 bridgehead atoms. The molecule has 2 aromatic rings. The number of benzene rings is 1. The van der Waals surface area contributed by atoms with Crippen LogP contribution in [-0.2, 0) is 10.2 Å². The Morgan fingerprint density at radius 3 is 2.55 bits per heavy atom. The van der Waals surface area contributed by atoms with Crippen molar-refractivity contribution in [1.29, 1.82) is 0 Å². The van der Waals surface area contributed by atoms with Gasteiger partial charge in [-0.05, 0) is 43.7 Å². The number of carbonyl (C=O) groups excluding carboxylic acids is 2. The lowest BCUT2D eigenvalue weighted by Gasteiger charge is -2.16. The lowest BCUT2D eigenvalue weighted by atomic mass is 9.86. The Hall–Kier alpha value is -2.69. The first-order valence-corrected chi connectivity index (χ1v) is 7.05. The highest BCUT2D eigenvalue weighted by Crippen LogP contribution is 2.41. The van der Waals surface area contributed by atoms with E-state index in [-0.39, 0.29) is 11.8 Å². The second kappa shape index (κ2) is 4.94. The van der Waals surface area contributed by atoms with Crippen molar-refractivity contribution >= 4 is 23.2 Å². The molecule has 1 aromatic carbocycles. The average Bonchev–Trinajstić information content (AvgIpc) is 2.69. The summed E-state index contributed by atoms with van der Waals surface area (Å²) in [4.78, 5) is 30.0.